The van der Waals surface area contributed by atoms with Crippen molar-refractivity contribution in [2.75, 3.05) is 26.0 Å². The summed E-state index contributed by atoms with van der Waals surface area (Å²) in [7, 11) is 3.24. The maximum absolute atomic E-state index is 12.8. The minimum Gasteiger partial charge on any atom is -0.497 e. The molecule has 0 spiro atoms. The molecule has 7 heteroatoms. The first-order chi connectivity index (χ1) is 12.1. The van der Waals surface area contributed by atoms with Crippen LogP contribution in [0.15, 0.2) is 53.5 Å². The van der Waals surface area contributed by atoms with Crippen LogP contribution in [0.2, 0.25) is 0 Å². The molecule has 0 saturated carbocycles. The Kier molecular flexibility index (Phi) is 6.76. The first-order valence-electron chi connectivity index (χ1n) is 7.73. The monoisotopic (exact) mass is 344 g/mol. The molecule has 0 atom stereocenters. The van der Waals surface area contributed by atoms with Gasteiger partial charge in [-0.3, -0.25) is 9.79 Å². The number of halogens is 1. The Labute approximate surface area is 146 Å². The first kappa shape index (κ1) is 18.3. The molecule has 2 aromatic carbocycles. The van der Waals surface area contributed by atoms with Crippen LogP contribution in [-0.2, 0) is 11.3 Å². The molecule has 132 valence electrons. The van der Waals surface area contributed by atoms with Gasteiger partial charge in [0, 0.05) is 19.3 Å². The van der Waals surface area contributed by atoms with Gasteiger partial charge < -0.3 is 20.7 Å². The summed E-state index contributed by atoms with van der Waals surface area (Å²) in [6, 6.07) is 13.2. The van der Waals surface area contributed by atoms with Gasteiger partial charge in [-0.05, 0) is 42.0 Å². The molecule has 0 bridgehead atoms. The number of hydrogen-bond acceptors (Lipinski definition) is 3. The Morgan fingerprint density at radius 3 is 2.60 bits per heavy atom. The molecular weight excluding hydrogens is 323 g/mol. The molecule has 0 aromatic heterocycles. The lowest BCUT2D eigenvalue weighted by atomic mass is 10.2. The molecule has 0 fully saturated rings. The Balaban J connectivity index is 1.79. The molecule has 0 aliphatic rings. The van der Waals surface area contributed by atoms with Gasteiger partial charge in [-0.25, -0.2) is 4.39 Å². The Bertz CT molecular complexity index is 732. The summed E-state index contributed by atoms with van der Waals surface area (Å²) in [5.74, 6) is 0.673. The molecule has 2 aromatic rings. The number of carbonyl (C=O) groups excluding carboxylic acids is 1. The SMILES string of the molecule is CN=C(NCC(=O)Nc1ccc(F)cc1)NCc1cccc(OC)c1. The molecule has 0 aliphatic heterocycles. The molecule has 0 unspecified atom stereocenters. The zero-order valence-corrected chi connectivity index (χ0v) is 14.2. The van der Waals surface area contributed by atoms with Crippen molar-refractivity contribution in [3.8, 4) is 5.75 Å². The number of ether oxygens (including phenoxy) is 1. The number of methoxy groups -OCH3 is 1. The molecule has 0 heterocycles. The topological polar surface area (TPSA) is 74.8 Å². The molecule has 3 N–H and O–H groups in total. The van der Waals surface area contributed by atoms with Crippen molar-refractivity contribution in [2.45, 2.75) is 6.54 Å². The highest BCUT2D eigenvalue weighted by molar-refractivity contribution is 5.94. The van der Waals surface area contributed by atoms with Crippen LogP contribution in [0.5, 0.6) is 5.75 Å². The molecule has 0 saturated heterocycles. The standard InChI is InChI=1S/C18H21FN4O2/c1-20-18(21-11-13-4-3-5-16(10-13)25-2)22-12-17(24)23-15-8-6-14(19)7-9-15/h3-10H,11-12H2,1-2H3,(H,23,24)(H2,20,21,22). The van der Waals surface area contributed by atoms with E-state index < -0.39 is 0 Å². The number of nitrogens with zero attached hydrogens (tertiary/aromatic N) is 1. The van der Waals surface area contributed by atoms with E-state index in [1.807, 2.05) is 24.3 Å². The number of carbonyl (C=O) groups is 1. The normalized spacial score (nSPS) is 10.9. The lowest BCUT2D eigenvalue weighted by Gasteiger charge is -2.12. The molecule has 1 amide bonds. The van der Waals surface area contributed by atoms with Crippen molar-refractivity contribution in [3.63, 3.8) is 0 Å². The van der Waals surface area contributed by atoms with E-state index in [4.69, 9.17) is 4.74 Å². The number of hydrogen-bond donors (Lipinski definition) is 3. The highest BCUT2D eigenvalue weighted by Gasteiger charge is 2.05. The van der Waals surface area contributed by atoms with E-state index in [0.717, 1.165) is 11.3 Å². The van der Waals surface area contributed by atoms with Gasteiger partial charge >= 0.3 is 0 Å². The summed E-state index contributed by atoms with van der Waals surface area (Å²) >= 11 is 0. The molecule has 0 aliphatic carbocycles. The quantitative estimate of drug-likeness (QED) is 0.554. The van der Waals surface area contributed by atoms with Gasteiger partial charge in [0.1, 0.15) is 11.6 Å². The maximum atomic E-state index is 12.8. The van der Waals surface area contributed by atoms with Crippen LogP contribution in [0.4, 0.5) is 10.1 Å². The average Bonchev–Trinajstić information content (AvgIpc) is 2.64. The van der Waals surface area contributed by atoms with Gasteiger partial charge in [0.15, 0.2) is 5.96 Å². The van der Waals surface area contributed by atoms with Gasteiger partial charge in [0.2, 0.25) is 5.91 Å². The second-order valence-electron chi connectivity index (χ2n) is 5.19. The number of benzene rings is 2. The van der Waals surface area contributed by atoms with Crippen LogP contribution < -0.4 is 20.7 Å². The third-order valence-corrected chi connectivity index (χ3v) is 3.36. The molecule has 6 nitrogen and oxygen atoms in total. The smallest absolute Gasteiger partial charge is 0.243 e. The van der Waals surface area contributed by atoms with Crippen molar-refractivity contribution in [1.29, 1.82) is 0 Å². The zero-order valence-electron chi connectivity index (χ0n) is 14.2. The lowest BCUT2D eigenvalue weighted by molar-refractivity contribution is -0.115. The van der Waals surface area contributed by atoms with Crippen molar-refractivity contribution < 1.29 is 13.9 Å². The predicted octanol–water partition coefficient (Wildman–Crippen LogP) is 2.14. The first-order valence-corrected chi connectivity index (χ1v) is 7.73. The summed E-state index contributed by atoms with van der Waals surface area (Å²) < 4.78 is 18.0. The summed E-state index contributed by atoms with van der Waals surface area (Å²) in [5, 5.41) is 8.71. The fourth-order valence-electron chi connectivity index (χ4n) is 2.09. The van der Waals surface area contributed by atoms with E-state index in [-0.39, 0.29) is 18.3 Å². The average molecular weight is 344 g/mol. The van der Waals surface area contributed by atoms with E-state index >= 15 is 0 Å². The van der Waals surface area contributed by atoms with E-state index in [1.54, 1.807) is 14.2 Å². The van der Waals surface area contributed by atoms with Gasteiger partial charge in [-0.2, -0.15) is 0 Å². The predicted molar refractivity (Wildman–Crippen MR) is 96.2 cm³/mol. The number of amides is 1. The summed E-state index contributed by atoms with van der Waals surface area (Å²) in [6.45, 7) is 0.575. The van der Waals surface area contributed by atoms with E-state index in [9.17, 15) is 9.18 Å². The highest BCUT2D eigenvalue weighted by atomic mass is 19.1. The van der Waals surface area contributed by atoms with Crippen LogP contribution >= 0.6 is 0 Å². The van der Waals surface area contributed by atoms with Crippen LogP contribution in [0.1, 0.15) is 5.56 Å². The van der Waals surface area contributed by atoms with Crippen molar-refractivity contribution in [3.05, 3.63) is 59.9 Å². The van der Waals surface area contributed by atoms with Crippen molar-refractivity contribution in [2.24, 2.45) is 4.99 Å². The largest absolute Gasteiger partial charge is 0.497 e. The maximum Gasteiger partial charge on any atom is 0.243 e. The third kappa shape index (κ3) is 6.14. The van der Waals surface area contributed by atoms with E-state index in [0.29, 0.717) is 18.2 Å². The number of guanidine groups is 1. The summed E-state index contributed by atoms with van der Waals surface area (Å²) in [5.41, 5.74) is 1.56. The van der Waals surface area contributed by atoms with Crippen LogP contribution in [-0.4, -0.2) is 32.6 Å². The van der Waals surface area contributed by atoms with Gasteiger partial charge in [0.05, 0.1) is 13.7 Å². The molecule has 2 rings (SSSR count). The fourth-order valence-corrected chi connectivity index (χ4v) is 2.09. The number of aliphatic imine (C=N–C) groups is 1. The summed E-state index contributed by atoms with van der Waals surface area (Å²) in [4.78, 5) is 16.0. The van der Waals surface area contributed by atoms with Crippen molar-refractivity contribution >= 4 is 17.6 Å². The number of rotatable bonds is 6. The van der Waals surface area contributed by atoms with Gasteiger partial charge in [-0.1, -0.05) is 12.1 Å². The minimum atomic E-state index is -0.349. The Hall–Kier alpha value is -3.09. The second kappa shape index (κ2) is 9.27. The van der Waals surface area contributed by atoms with Crippen molar-refractivity contribution in [1.82, 2.24) is 10.6 Å². The number of nitrogens with one attached hydrogen (secondary N) is 3. The van der Waals surface area contributed by atoms with Crippen LogP contribution in [0.3, 0.4) is 0 Å². The van der Waals surface area contributed by atoms with Crippen LogP contribution in [0.25, 0.3) is 0 Å². The Morgan fingerprint density at radius 2 is 1.92 bits per heavy atom. The van der Waals surface area contributed by atoms with Crippen LogP contribution in [0, 0.1) is 5.82 Å². The van der Waals surface area contributed by atoms with Gasteiger partial charge in [-0.15, -0.1) is 0 Å². The minimum absolute atomic E-state index is 0.0369. The molecular formula is C18H21FN4O2. The zero-order chi connectivity index (χ0) is 18.1. The lowest BCUT2D eigenvalue weighted by Crippen LogP contribution is -2.41. The molecule has 0 radical (unpaired) electrons. The highest BCUT2D eigenvalue weighted by Crippen LogP contribution is 2.12. The number of anilines is 1. The third-order valence-electron chi connectivity index (χ3n) is 3.36. The van der Waals surface area contributed by atoms with Gasteiger partial charge in [0.25, 0.3) is 0 Å². The second-order valence-corrected chi connectivity index (χ2v) is 5.19. The fraction of sp³-hybridized carbons (Fsp3) is 0.222. The summed E-state index contributed by atoms with van der Waals surface area (Å²) in [6.07, 6.45) is 0. The Morgan fingerprint density at radius 1 is 1.16 bits per heavy atom. The van der Waals surface area contributed by atoms with E-state index in [2.05, 4.69) is 20.9 Å². The molecule has 25 heavy (non-hydrogen) atoms. The van der Waals surface area contributed by atoms with E-state index in [1.165, 1.54) is 24.3 Å².